The lowest BCUT2D eigenvalue weighted by molar-refractivity contribution is -0.116. The monoisotopic (exact) mass is 331 g/mol. The van der Waals surface area contributed by atoms with E-state index >= 15 is 0 Å². The van der Waals surface area contributed by atoms with Gasteiger partial charge in [-0.05, 0) is 28.5 Å². The Bertz CT molecular complexity index is 495. The summed E-state index contributed by atoms with van der Waals surface area (Å²) >= 11 is 13.3. The number of nitrogens with one attached hydrogen (secondary N) is 1. The van der Waals surface area contributed by atoms with Crippen molar-refractivity contribution in [2.75, 3.05) is 6.54 Å². The van der Waals surface area contributed by atoms with Crippen LogP contribution in [0, 0.1) is 5.41 Å². The highest BCUT2D eigenvalue weighted by Crippen LogP contribution is 2.24. The second-order valence-electron chi connectivity index (χ2n) is 5.64. The van der Waals surface area contributed by atoms with Crippen LogP contribution in [0.3, 0.4) is 0 Å². The van der Waals surface area contributed by atoms with Crippen molar-refractivity contribution >= 4 is 40.9 Å². The molecule has 0 aliphatic rings. The van der Waals surface area contributed by atoms with Crippen molar-refractivity contribution < 1.29 is 4.79 Å². The summed E-state index contributed by atoms with van der Waals surface area (Å²) in [4.78, 5) is 11.6. The van der Waals surface area contributed by atoms with Crippen molar-refractivity contribution in [3.05, 3.63) is 45.3 Å². The SMILES string of the molecule is CC(C)(C)CNC(=O)/C=C\SCc1ccc(Cl)c(Cl)c1. The number of benzene rings is 1. The minimum atomic E-state index is -0.0680. The molecule has 110 valence electrons. The number of rotatable bonds is 5. The van der Waals surface area contributed by atoms with Gasteiger partial charge >= 0.3 is 0 Å². The summed E-state index contributed by atoms with van der Waals surface area (Å²) in [5.74, 6) is 0.682. The second kappa shape index (κ2) is 7.96. The van der Waals surface area contributed by atoms with E-state index in [1.807, 2.05) is 12.1 Å². The fourth-order valence-electron chi connectivity index (χ4n) is 1.29. The van der Waals surface area contributed by atoms with Gasteiger partial charge in [-0.15, -0.1) is 11.8 Å². The third kappa shape index (κ3) is 7.22. The van der Waals surface area contributed by atoms with Gasteiger partial charge in [0.2, 0.25) is 5.91 Å². The Balaban J connectivity index is 2.34. The van der Waals surface area contributed by atoms with Gasteiger partial charge in [0.05, 0.1) is 10.0 Å². The summed E-state index contributed by atoms with van der Waals surface area (Å²) in [7, 11) is 0. The summed E-state index contributed by atoms with van der Waals surface area (Å²) in [6.07, 6.45) is 1.55. The van der Waals surface area contributed by atoms with Gasteiger partial charge in [-0.3, -0.25) is 4.79 Å². The topological polar surface area (TPSA) is 29.1 Å². The average Bonchev–Trinajstić information content (AvgIpc) is 2.35. The molecule has 0 aliphatic carbocycles. The van der Waals surface area contributed by atoms with Gasteiger partial charge in [-0.25, -0.2) is 0 Å². The first-order valence-corrected chi connectivity index (χ1v) is 8.08. The van der Waals surface area contributed by atoms with E-state index in [-0.39, 0.29) is 11.3 Å². The highest BCUT2D eigenvalue weighted by atomic mass is 35.5. The molecule has 0 radical (unpaired) electrons. The molecule has 1 amide bonds. The summed E-state index contributed by atoms with van der Waals surface area (Å²) in [5, 5.41) is 5.76. The Hall–Kier alpha value is -0.640. The number of halogens is 2. The quantitative estimate of drug-likeness (QED) is 0.777. The minimum Gasteiger partial charge on any atom is -0.352 e. The molecule has 0 fully saturated rings. The molecule has 0 saturated heterocycles. The molecular weight excluding hydrogens is 313 g/mol. The zero-order valence-corrected chi connectivity index (χ0v) is 14.2. The molecule has 1 N–H and O–H groups in total. The van der Waals surface area contributed by atoms with E-state index in [1.54, 1.807) is 17.6 Å². The van der Waals surface area contributed by atoms with Crippen LogP contribution in [0.5, 0.6) is 0 Å². The molecular formula is C15H19Cl2NOS. The minimum absolute atomic E-state index is 0.0680. The van der Waals surface area contributed by atoms with Crippen LogP contribution in [0.2, 0.25) is 10.0 Å². The van der Waals surface area contributed by atoms with Crippen molar-refractivity contribution in [1.82, 2.24) is 5.32 Å². The van der Waals surface area contributed by atoms with Crippen molar-refractivity contribution in [3.8, 4) is 0 Å². The summed E-state index contributed by atoms with van der Waals surface area (Å²) < 4.78 is 0. The Kier molecular flexibility index (Phi) is 6.93. The van der Waals surface area contributed by atoms with Crippen LogP contribution in [0.25, 0.3) is 0 Å². The van der Waals surface area contributed by atoms with Gasteiger partial charge in [-0.2, -0.15) is 0 Å². The number of hydrogen-bond donors (Lipinski definition) is 1. The smallest absolute Gasteiger partial charge is 0.244 e. The van der Waals surface area contributed by atoms with Crippen LogP contribution in [0.4, 0.5) is 0 Å². The zero-order chi connectivity index (χ0) is 15.2. The normalized spacial score (nSPS) is 11.8. The molecule has 1 aromatic carbocycles. The molecule has 0 aliphatic heterocycles. The first-order valence-electron chi connectivity index (χ1n) is 6.28. The van der Waals surface area contributed by atoms with E-state index in [0.717, 1.165) is 11.3 Å². The molecule has 20 heavy (non-hydrogen) atoms. The van der Waals surface area contributed by atoms with E-state index in [0.29, 0.717) is 16.6 Å². The van der Waals surface area contributed by atoms with Crippen molar-refractivity contribution in [2.45, 2.75) is 26.5 Å². The van der Waals surface area contributed by atoms with E-state index in [2.05, 4.69) is 26.1 Å². The van der Waals surface area contributed by atoms with Crippen LogP contribution in [-0.4, -0.2) is 12.5 Å². The highest BCUT2D eigenvalue weighted by Gasteiger charge is 2.10. The van der Waals surface area contributed by atoms with E-state index < -0.39 is 0 Å². The van der Waals surface area contributed by atoms with E-state index in [4.69, 9.17) is 23.2 Å². The fraction of sp³-hybridized carbons (Fsp3) is 0.400. The maximum absolute atomic E-state index is 11.6. The molecule has 2 nitrogen and oxygen atoms in total. The summed E-state index contributed by atoms with van der Waals surface area (Å²) in [6, 6.07) is 5.54. The summed E-state index contributed by atoms with van der Waals surface area (Å²) in [5.41, 5.74) is 1.17. The Morgan fingerprint density at radius 1 is 1.30 bits per heavy atom. The predicted molar refractivity (Wildman–Crippen MR) is 89.4 cm³/mol. The number of hydrogen-bond acceptors (Lipinski definition) is 2. The molecule has 0 aromatic heterocycles. The molecule has 0 atom stereocenters. The Labute approximate surface area is 134 Å². The highest BCUT2D eigenvalue weighted by molar-refractivity contribution is 8.01. The van der Waals surface area contributed by atoms with Crippen LogP contribution >= 0.6 is 35.0 Å². The van der Waals surface area contributed by atoms with Gasteiger partial charge in [-0.1, -0.05) is 50.0 Å². The molecule has 0 unspecified atom stereocenters. The molecule has 5 heteroatoms. The third-order valence-electron chi connectivity index (χ3n) is 2.34. The van der Waals surface area contributed by atoms with Crippen LogP contribution in [-0.2, 0) is 10.5 Å². The molecule has 0 spiro atoms. The number of carbonyl (C=O) groups is 1. The number of thioether (sulfide) groups is 1. The van der Waals surface area contributed by atoms with E-state index in [1.165, 1.54) is 11.8 Å². The lowest BCUT2D eigenvalue weighted by atomic mass is 9.97. The molecule has 1 rings (SSSR count). The average molecular weight is 332 g/mol. The predicted octanol–water partition coefficient (Wildman–Crippen LogP) is 4.90. The largest absolute Gasteiger partial charge is 0.352 e. The zero-order valence-electron chi connectivity index (χ0n) is 11.9. The first kappa shape index (κ1) is 17.4. The van der Waals surface area contributed by atoms with Gasteiger partial charge < -0.3 is 5.32 Å². The molecule has 0 bridgehead atoms. The first-order chi connectivity index (χ1) is 9.28. The standard InChI is InChI=1S/C15H19Cl2NOS/c1-15(2,3)10-18-14(19)6-7-20-9-11-4-5-12(16)13(17)8-11/h4-8H,9-10H2,1-3H3,(H,18,19)/b7-6-. The fourth-order valence-corrected chi connectivity index (χ4v) is 2.30. The molecule has 1 aromatic rings. The maximum Gasteiger partial charge on any atom is 0.244 e. The molecule has 0 heterocycles. The van der Waals surface area contributed by atoms with Crippen LogP contribution in [0.15, 0.2) is 29.7 Å². The van der Waals surface area contributed by atoms with Gasteiger partial charge in [0.15, 0.2) is 0 Å². The van der Waals surface area contributed by atoms with E-state index in [9.17, 15) is 4.79 Å². The third-order valence-corrected chi connectivity index (χ3v) is 3.91. The Morgan fingerprint density at radius 2 is 2.00 bits per heavy atom. The van der Waals surface area contributed by atoms with Crippen molar-refractivity contribution in [1.29, 1.82) is 0 Å². The van der Waals surface area contributed by atoms with Gasteiger partial charge in [0, 0.05) is 18.4 Å². The molecule has 0 saturated carbocycles. The van der Waals surface area contributed by atoms with Crippen molar-refractivity contribution in [2.24, 2.45) is 5.41 Å². The maximum atomic E-state index is 11.6. The second-order valence-corrected chi connectivity index (χ2v) is 7.35. The lowest BCUT2D eigenvalue weighted by Crippen LogP contribution is -2.30. The van der Waals surface area contributed by atoms with Crippen LogP contribution < -0.4 is 5.32 Å². The van der Waals surface area contributed by atoms with Crippen LogP contribution in [0.1, 0.15) is 26.3 Å². The number of amides is 1. The number of carbonyl (C=O) groups excluding carboxylic acids is 1. The Morgan fingerprint density at radius 3 is 2.60 bits per heavy atom. The lowest BCUT2D eigenvalue weighted by Gasteiger charge is -2.17. The summed E-state index contributed by atoms with van der Waals surface area (Å²) in [6.45, 7) is 6.90. The van der Waals surface area contributed by atoms with Crippen molar-refractivity contribution in [3.63, 3.8) is 0 Å². The van der Waals surface area contributed by atoms with Gasteiger partial charge in [0.25, 0.3) is 0 Å². The van der Waals surface area contributed by atoms with Gasteiger partial charge in [0.1, 0.15) is 0 Å².